The summed E-state index contributed by atoms with van der Waals surface area (Å²) in [5.41, 5.74) is 0. The summed E-state index contributed by atoms with van der Waals surface area (Å²) in [5, 5.41) is 0. The van der Waals surface area contributed by atoms with E-state index in [4.69, 9.17) is 14.7 Å². The Kier molecular flexibility index (Phi) is 25.8. The Balaban J connectivity index is -0.0000000450. The van der Waals surface area contributed by atoms with E-state index in [1.165, 1.54) is 0 Å². The molecule has 2 radical (unpaired) electrons. The summed E-state index contributed by atoms with van der Waals surface area (Å²) in [6.45, 7) is 0. The van der Waals surface area contributed by atoms with Gasteiger partial charge >= 0.3 is 48.1 Å². The normalized spacial score (nSPS) is 6.00. The second kappa shape index (κ2) is 9.88. The molecule has 0 aromatic rings. The fourth-order valence-electron chi connectivity index (χ4n) is 0. The van der Waals surface area contributed by atoms with E-state index in [0.29, 0.717) is 0 Å². The number of rotatable bonds is 0. The van der Waals surface area contributed by atoms with E-state index >= 15 is 0 Å². The Morgan fingerprint density at radius 1 is 1.00 bits per heavy atom. The summed E-state index contributed by atoms with van der Waals surface area (Å²) in [7, 11) is -2.62. The molecule has 3 N–H and O–H groups in total. The second-order valence-corrected chi connectivity index (χ2v) is 0.805. The monoisotopic (exact) mass is 136 g/mol. The number of hydrogen-bond acceptors (Lipinski definition) is 3. The minimum atomic E-state index is -2.62. The Hall–Kier alpha value is 1.74. The zero-order valence-corrected chi connectivity index (χ0v) is 7.02. The van der Waals surface area contributed by atoms with Crippen LogP contribution in [0.15, 0.2) is 0 Å². The Morgan fingerprint density at radius 3 is 1.00 bits per heavy atom. The van der Waals surface area contributed by atoms with Gasteiger partial charge in [0.1, 0.15) is 0 Å². The minimum Gasteiger partial charge on any atom is -0.328 e. The van der Waals surface area contributed by atoms with E-state index in [1.54, 1.807) is 0 Å². The molecule has 6 heteroatoms. The molecular formula is H3NaO3P2+4. The van der Waals surface area contributed by atoms with Gasteiger partial charge in [-0.15, -0.1) is 0 Å². The molecular weight excluding hydrogens is 133 g/mol. The van der Waals surface area contributed by atoms with Crippen molar-refractivity contribution in [1.82, 2.24) is 0 Å². The molecule has 0 aromatic heterocycles. The van der Waals surface area contributed by atoms with Gasteiger partial charge in [0.25, 0.3) is 0 Å². The molecule has 6 heavy (non-hydrogen) atoms. The first-order valence-corrected chi connectivity index (χ1v) is 1.80. The first-order chi connectivity index (χ1) is 1.73. The Morgan fingerprint density at radius 2 is 1.00 bits per heavy atom. The van der Waals surface area contributed by atoms with Crippen LogP contribution in [0.25, 0.3) is 0 Å². The van der Waals surface area contributed by atoms with Gasteiger partial charge in [-0.2, -0.15) is 0 Å². The van der Waals surface area contributed by atoms with E-state index < -0.39 is 8.60 Å². The smallest absolute Gasteiger partial charge is 0.328 e. The summed E-state index contributed by atoms with van der Waals surface area (Å²) < 4.78 is 0. The fourth-order valence-corrected chi connectivity index (χ4v) is 0. The predicted molar refractivity (Wildman–Crippen MR) is 20.5 cm³/mol. The zero-order valence-electron chi connectivity index (χ0n) is 3.24. The first kappa shape index (κ1) is 15.6. The topological polar surface area (TPSA) is 60.7 Å². The van der Waals surface area contributed by atoms with E-state index in [-0.39, 0.29) is 39.5 Å². The largest absolute Gasteiger partial charge is 3.00 e. The third kappa shape index (κ3) is 42.6. The van der Waals surface area contributed by atoms with Crippen molar-refractivity contribution in [3.63, 3.8) is 0 Å². The first-order valence-electron chi connectivity index (χ1n) is 0.600. The van der Waals surface area contributed by atoms with E-state index in [0.717, 1.165) is 0 Å². The molecule has 0 unspecified atom stereocenters. The molecule has 0 spiro atoms. The molecule has 0 heterocycles. The van der Waals surface area contributed by atoms with Crippen molar-refractivity contribution in [3.05, 3.63) is 0 Å². The van der Waals surface area contributed by atoms with E-state index in [2.05, 4.69) is 0 Å². The molecule has 0 aliphatic rings. The van der Waals surface area contributed by atoms with Crippen LogP contribution in [0.2, 0.25) is 0 Å². The van der Waals surface area contributed by atoms with Gasteiger partial charge in [0, 0.05) is 0 Å². The maximum Gasteiger partial charge on any atom is 3.00 e. The van der Waals surface area contributed by atoms with Crippen LogP contribution < -0.4 is 29.6 Å². The number of hydrogen-bond donors (Lipinski definition) is 3. The van der Waals surface area contributed by atoms with Crippen LogP contribution in [0, 0.1) is 0 Å². The Labute approximate surface area is 62.7 Å². The van der Waals surface area contributed by atoms with Gasteiger partial charge in [-0.25, -0.2) is 0 Å². The summed E-state index contributed by atoms with van der Waals surface area (Å²) in [6.07, 6.45) is 0. The van der Waals surface area contributed by atoms with Crippen molar-refractivity contribution >= 4 is 18.5 Å². The van der Waals surface area contributed by atoms with Crippen LogP contribution in [-0.2, 0) is 0 Å². The molecule has 0 saturated heterocycles. The third-order valence-corrected chi connectivity index (χ3v) is 0. The standard InChI is InChI=1S/Na.H3O3P.P/c;1-4(2)3;/h;1-3H;/q+1;;+3. The Bertz CT molecular complexity index is 13.5. The predicted octanol–water partition coefficient (Wildman–Crippen LogP) is -2.94. The average Bonchev–Trinajstić information content (AvgIpc) is 0.811. The summed E-state index contributed by atoms with van der Waals surface area (Å²) in [5.74, 6) is 0. The minimum absolute atomic E-state index is 0. The van der Waals surface area contributed by atoms with Crippen LogP contribution in [-0.4, -0.2) is 14.7 Å². The molecule has 0 rings (SSSR count). The molecule has 0 atom stereocenters. The molecule has 0 fully saturated rings. The van der Waals surface area contributed by atoms with Crippen LogP contribution in [0.4, 0.5) is 0 Å². The molecule has 0 aromatic carbocycles. The van der Waals surface area contributed by atoms with E-state index in [9.17, 15) is 0 Å². The van der Waals surface area contributed by atoms with Crippen molar-refractivity contribution in [1.29, 1.82) is 0 Å². The maximum atomic E-state index is 7.23. The average molecular weight is 136 g/mol. The van der Waals surface area contributed by atoms with Crippen LogP contribution in [0.5, 0.6) is 0 Å². The molecule has 0 bridgehead atoms. The van der Waals surface area contributed by atoms with Gasteiger partial charge in [-0.3, -0.25) is 0 Å². The van der Waals surface area contributed by atoms with Crippen molar-refractivity contribution in [2.24, 2.45) is 0 Å². The quantitative estimate of drug-likeness (QED) is 0.246. The maximum absolute atomic E-state index is 7.23. The third-order valence-electron chi connectivity index (χ3n) is 0. The second-order valence-electron chi connectivity index (χ2n) is 0.268. The molecule has 0 amide bonds. The fraction of sp³-hybridized carbons (Fsp3) is 0. The summed E-state index contributed by atoms with van der Waals surface area (Å²) in [6, 6.07) is 0. The summed E-state index contributed by atoms with van der Waals surface area (Å²) >= 11 is 0. The van der Waals surface area contributed by atoms with Gasteiger partial charge in [0.2, 0.25) is 0 Å². The van der Waals surface area contributed by atoms with Gasteiger partial charge in [-0.05, 0) is 0 Å². The zero-order chi connectivity index (χ0) is 3.58. The summed E-state index contributed by atoms with van der Waals surface area (Å²) in [4.78, 5) is 21.7. The molecule has 3 nitrogen and oxygen atoms in total. The van der Waals surface area contributed by atoms with Crippen molar-refractivity contribution in [2.75, 3.05) is 0 Å². The van der Waals surface area contributed by atoms with Crippen molar-refractivity contribution in [2.45, 2.75) is 0 Å². The van der Waals surface area contributed by atoms with Crippen LogP contribution in [0.1, 0.15) is 0 Å². The van der Waals surface area contributed by atoms with Crippen molar-refractivity contribution in [3.8, 4) is 0 Å². The van der Waals surface area contributed by atoms with E-state index in [1.807, 2.05) is 0 Å². The van der Waals surface area contributed by atoms with Crippen LogP contribution >= 0.6 is 18.5 Å². The molecule has 0 saturated carbocycles. The molecule has 0 aliphatic heterocycles. The van der Waals surface area contributed by atoms with Crippen molar-refractivity contribution < 1.29 is 44.2 Å². The van der Waals surface area contributed by atoms with Gasteiger partial charge in [-0.1, -0.05) is 0 Å². The van der Waals surface area contributed by atoms with Gasteiger partial charge < -0.3 is 14.7 Å². The van der Waals surface area contributed by atoms with Gasteiger partial charge in [0.05, 0.1) is 0 Å². The molecule has 28 valence electrons. The van der Waals surface area contributed by atoms with Gasteiger partial charge in [0.15, 0.2) is 0 Å². The molecule has 0 aliphatic carbocycles. The van der Waals surface area contributed by atoms with Crippen LogP contribution in [0.3, 0.4) is 0 Å². The SMILES string of the molecule is OP(O)O.[Na+].[P+3].